The average Bonchev–Trinajstić information content (AvgIpc) is 3.31. The van der Waals surface area contributed by atoms with E-state index in [-0.39, 0.29) is 12.5 Å². The third kappa shape index (κ3) is 3.46. The van der Waals surface area contributed by atoms with Crippen LogP contribution >= 0.6 is 11.3 Å². The van der Waals surface area contributed by atoms with Crippen molar-refractivity contribution in [3.8, 4) is 17.1 Å². The first-order valence-corrected chi connectivity index (χ1v) is 8.39. The SMILES string of the molecule is CCN(Cc1nc(-c2ccc(OC)cc2)no1)C(=O)c1cccs1. The van der Waals surface area contributed by atoms with Gasteiger partial charge < -0.3 is 14.2 Å². The van der Waals surface area contributed by atoms with Crippen LogP contribution < -0.4 is 4.74 Å². The quantitative estimate of drug-likeness (QED) is 0.685. The van der Waals surface area contributed by atoms with Crippen LogP contribution in [-0.4, -0.2) is 34.6 Å². The van der Waals surface area contributed by atoms with Crippen LogP contribution in [0.5, 0.6) is 5.75 Å². The van der Waals surface area contributed by atoms with Crippen LogP contribution in [0.1, 0.15) is 22.5 Å². The molecular formula is C17H17N3O3S. The molecule has 0 aliphatic heterocycles. The first kappa shape index (κ1) is 16.2. The Labute approximate surface area is 143 Å². The molecule has 6 nitrogen and oxygen atoms in total. The molecule has 0 radical (unpaired) electrons. The average molecular weight is 343 g/mol. The van der Waals surface area contributed by atoms with Crippen molar-refractivity contribution in [2.75, 3.05) is 13.7 Å². The van der Waals surface area contributed by atoms with Gasteiger partial charge in [0.15, 0.2) is 0 Å². The molecule has 7 heteroatoms. The zero-order chi connectivity index (χ0) is 16.9. The van der Waals surface area contributed by atoms with Gasteiger partial charge >= 0.3 is 0 Å². The fraction of sp³-hybridized carbons (Fsp3) is 0.235. The molecule has 3 aromatic rings. The number of aromatic nitrogens is 2. The van der Waals surface area contributed by atoms with Gasteiger partial charge in [-0.1, -0.05) is 11.2 Å². The number of carbonyl (C=O) groups excluding carboxylic acids is 1. The fourth-order valence-corrected chi connectivity index (χ4v) is 2.91. The van der Waals surface area contributed by atoms with Crippen molar-refractivity contribution in [3.63, 3.8) is 0 Å². The number of nitrogens with zero attached hydrogens (tertiary/aromatic N) is 3. The number of carbonyl (C=O) groups is 1. The lowest BCUT2D eigenvalue weighted by Crippen LogP contribution is -2.29. The van der Waals surface area contributed by atoms with Crippen molar-refractivity contribution < 1.29 is 14.1 Å². The molecule has 1 amide bonds. The van der Waals surface area contributed by atoms with Crippen molar-refractivity contribution in [1.82, 2.24) is 15.0 Å². The first-order valence-electron chi connectivity index (χ1n) is 7.51. The first-order chi connectivity index (χ1) is 11.7. The Morgan fingerprint density at radius 3 is 2.71 bits per heavy atom. The molecule has 0 fully saturated rings. The van der Waals surface area contributed by atoms with Crippen LogP contribution in [0.15, 0.2) is 46.3 Å². The number of thiophene rings is 1. The number of methoxy groups -OCH3 is 1. The van der Waals surface area contributed by atoms with E-state index < -0.39 is 0 Å². The highest BCUT2D eigenvalue weighted by Gasteiger charge is 2.18. The van der Waals surface area contributed by atoms with E-state index in [0.717, 1.165) is 11.3 Å². The molecule has 0 bridgehead atoms. The van der Waals surface area contributed by atoms with Crippen molar-refractivity contribution in [2.24, 2.45) is 0 Å². The highest BCUT2D eigenvalue weighted by Crippen LogP contribution is 2.20. The molecule has 0 N–H and O–H groups in total. The summed E-state index contributed by atoms with van der Waals surface area (Å²) in [6, 6.07) is 11.1. The van der Waals surface area contributed by atoms with Gasteiger partial charge in [0.25, 0.3) is 5.91 Å². The Morgan fingerprint density at radius 1 is 1.29 bits per heavy atom. The zero-order valence-electron chi connectivity index (χ0n) is 13.4. The maximum atomic E-state index is 12.4. The molecule has 2 aromatic heterocycles. The van der Waals surface area contributed by atoms with E-state index in [2.05, 4.69) is 10.1 Å². The number of hydrogen-bond donors (Lipinski definition) is 0. The Kier molecular flexibility index (Phi) is 4.90. The number of ether oxygens (including phenoxy) is 1. The van der Waals surface area contributed by atoms with Gasteiger partial charge in [0.1, 0.15) is 12.3 Å². The van der Waals surface area contributed by atoms with Gasteiger partial charge in [0.05, 0.1) is 12.0 Å². The molecular weight excluding hydrogens is 326 g/mol. The molecule has 24 heavy (non-hydrogen) atoms. The minimum absolute atomic E-state index is 0.0308. The summed E-state index contributed by atoms with van der Waals surface area (Å²) in [5.41, 5.74) is 0.832. The topological polar surface area (TPSA) is 68.5 Å². The summed E-state index contributed by atoms with van der Waals surface area (Å²) >= 11 is 1.42. The smallest absolute Gasteiger partial charge is 0.264 e. The highest BCUT2D eigenvalue weighted by molar-refractivity contribution is 7.12. The Balaban J connectivity index is 1.73. The third-order valence-corrected chi connectivity index (χ3v) is 4.40. The molecule has 0 atom stereocenters. The molecule has 0 aliphatic rings. The summed E-state index contributed by atoms with van der Waals surface area (Å²) in [4.78, 5) is 19.2. The summed E-state index contributed by atoms with van der Waals surface area (Å²) in [5, 5.41) is 5.87. The summed E-state index contributed by atoms with van der Waals surface area (Å²) in [5.74, 6) is 1.64. The number of hydrogen-bond acceptors (Lipinski definition) is 6. The van der Waals surface area contributed by atoms with Crippen LogP contribution in [0, 0.1) is 0 Å². The van der Waals surface area contributed by atoms with Gasteiger partial charge in [-0.3, -0.25) is 4.79 Å². The zero-order valence-corrected chi connectivity index (χ0v) is 14.2. The van der Waals surface area contributed by atoms with E-state index in [0.29, 0.717) is 23.1 Å². The predicted octanol–water partition coefficient (Wildman–Crippen LogP) is 3.47. The Bertz CT molecular complexity index is 797. The molecule has 3 rings (SSSR count). The molecule has 0 spiro atoms. The van der Waals surface area contributed by atoms with Crippen molar-refractivity contribution in [3.05, 3.63) is 52.5 Å². The molecule has 2 heterocycles. The van der Waals surface area contributed by atoms with E-state index >= 15 is 0 Å². The normalized spacial score (nSPS) is 10.6. The van der Waals surface area contributed by atoms with E-state index in [9.17, 15) is 4.79 Å². The standard InChI is InChI=1S/C17H17N3O3S/c1-3-20(17(21)14-5-4-10-24-14)11-15-18-16(19-23-15)12-6-8-13(22-2)9-7-12/h4-10H,3,11H2,1-2H3. The second kappa shape index (κ2) is 7.27. The van der Waals surface area contributed by atoms with Crippen molar-refractivity contribution in [2.45, 2.75) is 13.5 Å². The number of rotatable bonds is 6. The van der Waals surface area contributed by atoms with Crippen LogP contribution in [0.2, 0.25) is 0 Å². The number of amides is 1. The molecule has 0 saturated heterocycles. The van der Waals surface area contributed by atoms with Crippen LogP contribution in [-0.2, 0) is 6.54 Å². The lowest BCUT2D eigenvalue weighted by molar-refractivity contribution is 0.0739. The predicted molar refractivity (Wildman–Crippen MR) is 91.0 cm³/mol. The van der Waals surface area contributed by atoms with Crippen LogP contribution in [0.3, 0.4) is 0 Å². The Morgan fingerprint density at radius 2 is 2.08 bits per heavy atom. The maximum Gasteiger partial charge on any atom is 0.264 e. The molecule has 0 unspecified atom stereocenters. The van der Waals surface area contributed by atoms with Crippen LogP contribution in [0.25, 0.3) is 11.4 Å². The summed E-state index contributed by atoms with van der Waals surface area (Å²) in [7, 11) is 1.62. The third-order valence-electron chi connectivity index (χ3n) is 3.54. The lowest BCUT2D eigenvalue weighted by atomic mass is 10.2. The van der Waals surface area contributed by atoms with Gasteiger partial charge in [-0.2, -0.15) is 4.98 Å². The number of benzene rings is 1. The lowest BCUT2D eigenvalue weighted by Gasteiger charge is -2.17. The minimum atomic E-state index is -0.0308. The highest BCUT2D eigenvalue weighted by atomic mass is 32.1. The van der Waals surface area contributed by atoms with Gasteiger partial charge in [-0.15, -0.1) is 11.3 Å². The Hall–Kier alpha value is -2.67. The summed E-state index contributed by atoms with van der Waals surface area (Å²) < 4.78 is 10.4. The van der Waals surface area contributed by atoms with E-state index in [1.807, 2.05) is 48.7 Å². The molecule has 124 valence electrons. The largest absolute Gasteiger partial charge is 0.497 e. The van der Waals surface area contributed by atoms with Gasteiger partial charge in [0.2, 0.25) is 11.7 Å². The van der Waals surface area contributed by atoms with E-state index in [1.54, 1.807) is 12.0 Å². The van der Waals surface area contributed by atoms with Crippen LogP contribution in [0.4, 0.5) is 0 Å². The summed E-state index contributed by atoms with van der Waals surface area (Å²) in [6.07, 6.45) is 0. The van der Waals surface area contributed by atoms with Crippen molar-refractivity contribution >= 4 is 17.2 Å². The van der Waals surface area contributed by atoms with E-state index in [4.69, 9.17) is 9.26 Å². The minimum Gasteiger partial charge on any atom is -0.497 e. The van der Waals surface area contributed by atoms with Gasteiger partial charge in [-0.25, -0.2) is 0 Å². The molecule has 0 saturated carbocycles. The molecule has 0 aliphatic carbocycles. The second-order valence-electron chi connectivity index (χ2n) is 5.04. The fourth-order valence-electron chi connectivity index (χ4n) is 2.22. The monoisotopic (exact) mass is 343 g/mol. The van der Waals surface area contributed by atoms with Gasteiger partial charge in [-0.05, 0) is 42.6 Å². The second-order valence-corrected chi connectivity index (χ2v) is 5.98. The summed E-state index contributed by atoms with van der Waals surface area (Å²) in [6.45, 7) is 2.78. The molecule has 1 aromatic carbocycles. The van der Waals surface area contributed by atoms with Gasteiger partial charge in [0, 0.05) is 12.1 Å². The van der Waals surface area contributed by atoms with E-state index in [1.165, 1.54) is 11.3 Å². The van der Waals surface area contributed by atoms with Crippen molar-refractivity contribution in [1.29, 1.82) is 0 Å². The maximum absolute atomic E-state index is 12.4.